The number of nitrogens with zero attached hydrogens (tertiary/aromatic N) is 4. The van der Waals surface area contributed by atoms with Gasteiger partial charge in [0.25, 0.3) is 0 Å². The Morgan fingerprint density at radius 3 is 2.92 bits per heavy atom. The number of rotatable bonds is 2. The first-order chi connectivity index (χ1) is 12.2. The highest BCUT2D eigenvalue weighted by Crippen LogP contribution is 2.42. The van der Waals surface area contributed by atoms with Crippen LogP contribution >= 0.6 is 0 Å². The van der Waals surface area contributed by atoms with Crippen LogP contribution in [-0.4, -0.2) is 54.7 Å². The van der Waals surface area contributed by atoms with Crippen molar-refractivity contribution in [1.29, 1.82) is 5.26 Å². The van der Waals surface area contributed by atoms with Crippen LogP contribution in [0.3, 0.4) is 0 Å². The molecule has 3 fully saturated rings. The van der Waals surface area contributed by atoms with Crippen molar-refractivity contribution < 1.29 is 9.53 Å². The van der Waals surface area contributed by atoms with E-state index in [2.05, 4.69) is 20.9 Å². The van der Waals surface area contributed by atoms with Gasteiger partial charge in [-0.05, 0) is 44.2 Å². The van der Waals surface area contributed by atoms with Gasteiger partial charge < -0.3 is 14.5 Å². The Kier molecular flexibility index (Phi) is 4.34. The molecule has 3 saturated heterocycles. The van der Waals surface area contributed by atoms with Gasteiger partial charge in [0.1, 0.15) is 11.9 Å². The van der Waals surface area contributed by atoms with Crippen molar-refractivity contribution in [3.05, 3.63) is 23.9 Å². The normalized spacial score (nSPS) is 27.7. The predicted molar refractivity (Wildman–Crippen MR) is 93.0 cm³/mol. The second-order valence-electron chi connectivity index (χ2n) is 7.38. The summed E-state index contributed by atoms with van der Waals surface area (Å²) in [5.41, 5.74) is 0.282. The molecule has 4 heterocycles. The maximum absolute atomic E-state index is 13.4. The van der Waals surface area contributed by atoms with E-state index in [1.807, 2.05) is 0 Å². The van der Waals surface area contributed by atoms with Crippen LogP contribution in [0, 0.1) is 16.7 Å². The molecule has 0 unspecified atom stereocenters. The number of carbonyl (C=O) groups is 1. The third-order valence-electron chi connectivity index (χ3n) is 5.96. The lowest BCUT2D eigenvalue weighted by Gasteiger charge is -2.44. The summed E-state index contributed by atoms with van der Waals surface area (Å²) in [5, 5.41) is 9.34. The fourth-order valence-electron chi connectivity index (χ4n) is 4.61. The van der Waals surface area contributed by atoms with Gasteiger partial charge in [0.2, 0.25) is 5.91 Å². The topological polar surface area (TPSA) is 69.5 Å². The van der Waals surface area contributed by atoms with Crippen LogP contribution in [0.5, 0.6) is 0 Å². The molecule has 1 aromatic heterocycles. The molecule has 3 aliphatic heterocycles. The Morgan fingerprint density at radius 1 is 1.28 bits per heavy atom. The Bertz CT molecular complexity index is 695. The fourth-order valence-corrected chi connectivity index (χ4v) is 4.61. The lowest BCUT2D eigenvalue weighted by atomic mass is 9.77. The minimum atomic E-state index is -0.305. The van der Waals surface area contributed by atoms with Crippen molar-refractivity contribution in [2.75, 3.05) is 37.7 Å². The Balaban J connectivity index is 1.54. The summed E-state index contributed by atoms with van der Waals surface area (Å²) in [6, 6.07) is 6.13. The Labute approximate surface area is 148 Å². The molecule has 0 saturated carbocycles. The van der Waals surface area contributed by atoms with E-state index < -0.39 is 0 Å². The average molecular weight is 340 g/mol. The SMILES string of the molecule is N#Cc1cccnc1N1CC[C@@]2(CCCN(C3CCOCC3)C2=O)C1. The van der Waals surface area contributed by atoms with Gasteiger partial charge in [0, 0.05) is 45.1 Å². The largest absolute Gasteiger partial charge is 0.381 e. The summed E-state index contributed by atoms with van der Waals surface area (Å²) >= 11 is 0. The first-order valence-corrected chi connectivity index (χ1v) is 9.22. The number of likely N-dealkylation sites (tertiary alicyclic amines) is 1. The Hall–Kier alpha value is -2.13. The summed E-state index contributed by atoms with van der Waals surface area (Å²) in [6.07, 6.45) is 6.47. The molecule has 6 heteroatoms. The number of hydrogen-bond donors (Lipinski definition) is 0. The first kappa shape index (κ1) is 16.3. The number of hydrogen-bond acceptors (Lipinski definition) is 5. The lowest BCUT2D eigenvalue weighted by Crippen LogP contribution is -2.54. The lowest BCUT2D eigenvalue weighted by molar-refractivity contribution is -0.149. The molecule has 0 aromatic carbocycles. The number of aromatic nitrogens is 1. The molecule has 1 amide bonds. The number of pyridine rings is 1. The number of piperidine rings is 1. The second-order valence-corrected chi connectivity index (χ2v) is 7.38. The number of nitriles is 1. The molecule has 1 aromatic rings. The molecule has 0 N–H and O–H groups in total. The van der Waals surface area contributed by atoms with E-state index in [9.17, 15) is 10.1 Å². The minimum Gasteiger partial charge on any atom is -0.381 e. The zero-order valence-electron chi connectivity index (χ0n) is 14.5. The van der Waals surface area contributed by atoms with Crippen molar-refractivity contribution in [2.24, 2.45) is 5.41 Å². The number of ether oxygens (including phenoxy) is 1. The molecule has 0 aliphatic carbocycles. The minimum absolute atomic E-state index is 0.305. The molecule has 1 atom stereocenters. The standard InChI is InChI=1S/C19H24N4O2/c20-13-15-3-1-8-21-17(15)22-10-7-19(14-22)6-2-9-23(18(19)24)16-4-11-25-12-5-16/h1,3,8,16H,2,4-7,9-12,14H2/t19-/m0/s1. The van der Waals surface area contributed by atoms with E-state index in [1.54, 1.807) is 18.3 Å². The van der Waals surface area contributed by atoms with E-state index in [4.69, 9.17) is 4.74 Å². The number of carbonyl (C=O) groups excluding carboxylic acids is 1. The summed E-state index contributed by atoms with van der Waals surface area (Å²) in [5.74, 6) is 1.03. The van der Waals surface area contributed by atoms with Crippen LogP contribution in [0.4, 0.5) is 5.82 Å². The quantitative estimate of drug-likeness (QED) is 0.823. The van der Waals surface area contributed by atoms with E-state index in [0.29, 0.717) is 24.1 Å². The molecule has 0 radical (unpaired) electrons. The van der Waals surface area contributed by atoms with E-state index in [-0.39, 0.29) is 5.41 Å². The second kappa shape index (κ2) is 6.64. The third kappa shape index (κ3) is 2.87. The van der Waals surface area contributed by atoms with Gasteiger partial charge in [0.05, 0.1) is 11.0 Å². The predicted octanol–water partition coefficient (Wildman–Crippen LogP) is 1.95. The van der Waals surface area contributed by atoms with Crippen LogP contribution in [-0.2, 0) is 9.53 Å². The zero-order valence-corrected chi connectivity index (χ0v) is 14.5. The highest BCUT2D eigenvalue weighted by Gasteiger charge is 2.50. The van der Waals surface area contributed by atoms with Crippen molar-refractivity contribution >= 4 is 11.7 Å². The fraction of sp³-hybridized carbons (Fsp3) is 0.632. The van der Waals surface area contributed by atoms with Crippen molar-refractivity contribution in [2.45, 2.75) is 38.1 Å². The van der Waals surface area contributed by atoms with Gasteiger partial charge in [-0.2, -0.15) is 5.26 Å². The first-order valence-electron chi connectivity index (χ1n) is 9.22. The Morgan fingerprint density at radius 2 is 2.12 bits per heavy atom. The van der Waals surface area contributed by atoms with Gasteiger partial charge in [-0.1, -0.05) is 0 Å². The molecule has 6 nitrogen and oxygen atoms in total. The summed E-state index contributed by atoms with van der Waals surface area (Å²) < 4.78 is 5.46. The van der Waals surface area contributed by atoms with Crippen LogP contribution in [0.1, 0.15) is 37.7 Å². The number of amides is 1. The van der Waals surface area contributed by atoms with Crippen LogP contribution in [0.15, 0.2) is 18.3 Å². The molecule has 132 valence electrons. The highest BCUT2D eigenvalue weighted by molar-refractivity contribution is 5.85. The van der Waals surface area contributed by atoms with Gasteiger partial charge in [0.15, 0.2) is 0 Å². The molecule has 1 spiro atoms. The van der Waals surface area contributed by atoms with Crippen molar-refractivity contribution in [3.63, 3.8) is 0 Å². The molecule has 0 bridgehead atoms. The monoisotopic (exact) mass is 340 g/mol. The van der Waals surface area contributed by atoms with E-state index in [1.165, 1.54) is 0 Å². The van der Waals surface area contributed by atoms with Gasteiger partial charge in [-0.15, -0.1) is 0 Å². The molecule has 4 rings (SSSR count). The van der Waals surface area contributed by atoms with Crippen LogP contribution in [0.25, 0.3) is 0 Å². The van der Waals surface area contributed by atoms with E-state index >= 15 is 0 Å². The summed E-state index contributed by atoms with van der Waals surface area (Å²) in [4.78, 5) is 22.0. The van der Waals surface area contributed by atoms with E-state index in [0.717, 1.165) is 64.2 Å². The molecular formula is C19H24N4O2. The van der Waals surface area contributed by atoms with Gasteiger partial charge in [-0.3, -0.25) is 4.79 Å². The maximum Gasteiger partial charge on any atom is 0.230 e. The van der Waals surface area contributed by atoms with Crippen LogP contribution < -0.4 is 4.90 Å². The third-order valence-corrected chi connectivity index (χ3v) is 5.96. The van der Waals surface area contributed by atoms with Crippen molar-refractivity contribution in [3.8, 4) is 6.07 Å². The molecule has 25 heavy (non-hydrogen) atoms. The van der Waals surface area contributed by atoms with Gasteiger partial charge >= 0.3 is 0 Å². The summed E-state index contributed by atoms with van der Waals surface area (Å²) in [6.45, 7) is 3.86. The summed E-state index contributed by atoms with van der Waals surface area (Å²) in [7, 11) is 0. The average Bonchev–Trinajstić information content (AvgIpc) is 3.09. The van der Waals surface area contributed by atoms with Gasteiger partial charge in [-0.25, -0.2) is 4.98 Å². The molecule has 3 aliphatic rings. The highest BCUT2D eigenvalue weighted by atomic mass is 16.5. The number of anilines is 1. The zero-order chi connectivity index (χ0) is 17.3. The maximum atomic E-state index is 13.4. The van der Waals surface area contributed by atoms with Crippen molar-refractivity contribution in [1.82, 2.24) is 9.88 Å². The smallest absolute Gasteiger partial charge is 0.230 e. The molecular weight excluding hydrogens is 316 g/mol. The van der Waals surface area contributed by atoms with Crippen LogP contribution in [0.2, 0.25) is 0 Å².